The Morgan fingerprint density at radius 3 is 2.73 bits per heavy atom. The summed E-state index contributed by atoms with van der Waals surface area (Å²) < 4.78 is 14.8. The summed E-state index contributed by atoms with van der Waals surface area (Å²) in [7, 11) is 0. The Kier molecular flexibility index (Phi) is 5.94. The molecule has 2 heterocycles. The summed E-state index contributed by atoms with van der Waals surface area (Å²) in [6, 6.07) is 7.13. The molecule has 1 aromatic heterocycles. The van der Waals surface area contributed by atoms with Crippen LogP contribution >= 0.6 is 12.4 Å². The van der Waals surface area contributed by atoms with Crippen molar-refractivity contribution in [2.45, 2.75) is 26.1 Å². The third-order valence-electron chi connectivity index (χ3n) is 3.80. The van der Waals surface area contributed by atoms with Crippen LogP contribution in [0.25, 0.3) is 0 Å². The van der Waals surface area contributed by atoms with Crippen LogP contribution in [0.2, 0.25) is 0 Å². The zero-order valence-corrected chi connectivity index (χ0v) is 13.5. The number of nitrogens with one attached hydrogen (secondary N) is 1. The highest BCUT2D eigenvalue weighted by molar-refractivity contribution is 5.85. The Labute approximate surface area is 136 Å². The van der Waals surface area contributed by atoms with E-state index in [2.05, 4.69) is 28.4 Å². The molecule has 1 aromatic carbocycles. The molecule has 1 saturated heterocycles. The van der Waals surface area contributed by atoms with Gasteiger partial charge in [0.05, 0.1) is 12.7 Å². The van der Waals surface area contributed by atoms with Gasteiger partial charge in [-0.2, -0.15) is 5.10 Å². The lowest BCUT2D eigenvalue weighted by atomic mass is 10.2. The first kappa shape index (κ1) is 16.9. The topological polar surface area (TPSA) is 33.1 Å². The van der Waals surface area contributed by atoms with Crippen molar-refractivity contribution in [2.24, 2.45) is 0 Å². The summed E-state index contributed by atoms with van der Waals surface area (Å²) in [6.45, 7) is 7.03. The van der Waals surface area contributed by atoms with Crippen molar-refractivity contribution in [3.05, 3.63) is 53.6 Å². The van der Waals surface area contributed by atoms with E-state index in [-0.39, 0.29) is 18.2 Å². The summed E-state index contributed by atoms with van der Waals surface area (Å²) in [5.74, 6) is -0.201. The van der Waals surface area contributed by atoms with Crippen LogP contribution in [0.4, 0.5) is 4.39 Å². The summed E-state index contributed by atoms with van der Waals surface area (Å²) in [6.07, 6.45) is 4.01. The lowest BCUT2D eigenvalue weighted by Crippen LogP contribution is -2.48. The van der Waals surface area contributed by atoms with Crippen molar-refractivity contribution < 1.29 is 4.39 Å². The third kappa shape index (κ3) is 4.53. The maximum atomic E-state index is 12.9. The van der Waals surface area contributed by atoms with Gasteiger partial charge in [0, 0.05) is 44.0 Å². The van der Waals surface area contributed by atoms with Gasteiger partial charge in [-0.05, 0) is 24.6 Å². The molecule has 1 fully saturated rings. The average molecular weight is 325 g/mol. The van der Waals surface area contributed by atoms with Crippen molar-refractivity contribution in [2.75, 3.05) is 19.6 Å². The molecule has 1 aliphatic rings. The van der Waals surface area contributed by atoms with Gasteiger partial charge in [0.2, 0.25) is 0 Å². The van der Waals surface area contributed by atoms with Crippen LogP contribution in [-0.2, 0) is 13.1 Å². The largest absolute Gasteiger partial charge is 0.312 e. The SMILES string of the molecule is C[C@H]1CN(Cc2cnn(Cc3ccc(F)cc3)c2)CCN1.Cl. The number of piperazine rings is 1. The number of hydrogen-bond donors (Lipinski definition) is 1. The highest BCUT2D eigenvalue weighted by atomic mass is 35.5. The van der Waals surface area contributed by atoms with Crippen molar-refractivity contribution in [1.29, 1.82) is 0 Å². The highest BCUT2D eigenvalue weighted by Gasteiger charge is 2.16. The van der Waals surface area contributed by atoms with Gasteiger partial charge in [-0.1, -0.05) is 12.1 Å². The molecule has 6 heteroatoms. The van der Waals surface area contributed by atoms with E-state index in [1.165, 1.54) is 17.7 Å². The molecule has 0 saturated carbocycles. The fourth-order valence-electron chi connectivity index (χ4n) is 2.77. The zero-order chi connectivity index (χ0) is 14.7. The van der Waals surface area contributed by atoms with Crippen LogP contribution in [-0.4, -0.2) is 40.4 Å². The lowest BCUT2D eigenvalue weighted by molar-refractivity contribution is 0.199. The first-order valence-electron chi connectivity index (χ1n) is 7.40. The second kappa shape index (κ2) is 7.72. The maximum Gasteiger partial charge on any atom is 0.123 e. The Hall–Kier alpha value is -1.43. The smallest absolute Gasteiger partial charge is 0.123 e. The third-order valence-corrected chi connectivity index (χ3v) is 3.80. The molecular weight excluding hydrogens is 303 g/mol. The average Bonchev–Trinajstić information content (AvgIpc) is 2.89. The van der Waals surface area contributed by atoms with Crippen molar-refractivity contribution in [3.8, 4) is 0 Å². The van der Waals surface area contributed by atoms with Crippen molar-refractivity contribution >= 4 is 12.4 Å². The number of aromatic nitrogens is 2. The van der Waals surface area contributed by atoms with Gasteiger partial charge in [0.15, 0.2) is 0 Å². The molecule has 0 unspecified atom stereocenters. The van der Waals surface area contributed by atoms with Gasteiger partial charge < -0.3 is 5.32 Å². The van der Waals surface area contributed by atoms with Gasteiger partial charge >= 0.3 is 0 Å². The van der Waals surface area contributed by atoms with E-state index in [1.54, 1.807) is 12.1 Å². The fraction of sp³-hybridized carbons (Fsp3) is 0.438. The van der Waals surface area contributed by atoms with Gasteiger partial charge in [0.1, 0.15) is 5.82 Å². The van der Waals surface area contributed by atoms with Crippen LogP contribution in [0, 0.1) is 5.82 Å². The first-order chi connectivity index (χ1) is 10.2. The van der Waals surface area contributed by atoms with Gasteiger partial charge in [0.25, 0.3) is 0 Å². The van der Waals surface area contributed by atoms with Gasteiger partial charge in [-0.15, -0.1) is 12.4 Å². The minimum Gasteiger partial charge on any atom is -0.312 e. The quantitative estimate of drug-likeness (QED) is 0.936. The molecule has 120 valence electrons. The second-order valence-electron chi connectivity index (χ2n) is 5.76. The Balaban J connectivity index is 0.00000176. The molecule has 1 atom stereocenters. The standard InChI is InChI=1S/C16H21FN4.ClH/c1-13-9-20(7-6-18-13)10-15-8-19-21(12-15)11-14-2-4-16(17)5-3-14;/h2-5,8,12-13,18H,6-7,9-11H2,1H3;1H/t13-;/m0./s1. The molecule has 1 N–H and O–H groups in total. The molecule has 0 amide bonds. The minimum absolute atomic E-state index is 0. The van der Waals surface area contributed by atoms with Crippen molar-refractivity contribution in [3.63, 3.8) is 0 Å². The normalized spacial score (nSPS) is 18.9. The van der Waals surface area contributed by atoms with E-state index in [0.29, 0.717) is 12.6 Å². The van der Waals surface area contributed by atoms with E-state index in [4.69, 9.17) is 0 Å². The summed E-state index contributed by atoms with van der Waals surface area (Å²) in [5, 5.41) is 7.85. The molecule has 1 aliphatic heterocycles. The van der Waals surface area contributed by atoms with Gasteiger partial charge in [-0.3, -0.25) is 9.58 Å². The molecule has 4 nitrogen and oxygen atoms in total. The minimum atomic E-state index is -0.201. The Morgan fingerprint density at radius 2 is 2.00 bits per heavy atom. The molecule has 3 rings (SSSR count). The summed E-state index contributed by atoms with van der Waals surface area (Å²) >= 11 is 0. The summed E-state index contributed by atoms with van der Waals surface area (Å²) in [5.41, 5.74) is 2.29. The molecule has 2 aromatic rings. The molecular formula is C16H22ClFN4. The molecule has 0 bridgehead atoms. The van der Waals surface area contributed by atoms with Crippen LogP contribution in [0.5, 0.6) is 0 Å². The monoisotopic (exact) mass is 324 g/mol. The van der Waals surface area contributed by atoms with E-state index < -0.39 is 0 Å². The van der Waals surface area contributed by atoms with Crippen LogP contribution < -0.4 is 5.32 Å². The number of hydrogen-bond acceptors (Lipinski definition) is 3. The molecule has 0 aliphatic carbocycles. The zero-order valence-electron chi connectivity index (χ0n) is 12.7. The Bertz CT molecular complexity index is 584. The second-order valence-corrected chi connectivity index (χ2v) is 5.76. The number of nitrogens with zero attached hydrogens (tertiary/aromatic N) is 3. The van der Waals surface area contributed by atoms with Crippen molar-refractivity contribution in [1.82, 2.24) is 20.0 Å². The number of rotatable bonds is 4. The number of benzene rings is 1. The van der Waals surface area contributed by atoms with Crippen LogP contribution in [0.1, 0.15) is 18.1 Å². The van der Waals surface area contributed by atoms with E-state index in [0.717, 1.165) is 31.7 Å². The maximum absolute atomic E-state index is 12.9. The molecule has 0 spiro atoms. The fourth-order valence-corrected chi connectivity index (χ4v) is 2.77. The van der Waals surface area contributed by atoms with Gasteiger partial charge in [-0.25, -0.2) is 4.39 Å². The van der Waals surface area contributed by atoms with E-state index in [1.807, 2.05) is 10.9 Å². The lowest BCUT2D eigenvalue weighted by Gasteiger charge is -2.31. The molecule has 22 heavy (non-hydrogen) atoms. The predicted octanol–water partition coefficient (Wildman–Crippen LogP) is 2.29. The summed E-state index contributed by atoms with van der Waals surface area (Å²) in [4.78, 5) is 2.44. The van der Waals surface area contributed by atoms with E-state index >= 15 is 0 Å². The highest BCUT2D eigenvalue weighted by Crippen LogP contribution is 2.09. The Morgan fingerprint density at radius 1 is 1.23 bits per heavy atom. The van der Waals surface area contributed by atoms with Crippen LogP contribution in [0.3, 0.4) is 0 Å². The molecule has 0 radical (unpaired) electrons. The predicted molar refractivity (Wildman–Crippen MR) is 87.7 cm³/mol. The van der Waals surface area contributed by atoms with E-state index in [9.17, 15) is 4.39 Å². The van der Waals surface area contributed by atoms with Crippen LogP contribution in [0.15, 0.2) is 36.7 Å². The number of halogens is 2. The first-order valence-corrected chi connectivity index (χ1v) is 7.40.